The van der Waals surface area contributed by atoms with Crippen molar-refractivity contribution in [2.24, 2.45) is 5.41 Å². The van der Waals surface area contributed by atoms with Crippen molar-refractivity contribution in [1.29, 1.82) is 0 Å². The van der Waals surface area contributed by atoms with Crippen LogP contribution in [-0.2, 0) is 4.79 Å². The molecule has 1 spiro atoms. The first kappa shape index (κ1) is 11.8. The van der Waals surface area contributed by atoms with E-state index in [9.17, 15) is 4.79 Å². The van der Waals surface area contributed by atoms with Crippen LogP contribution in [0, 0.1) is 5.41 Å². The van der Waals surface area contributed by atoms with E-state index < -0.39 is 0 Å². The number of carbonyl (C=O) groups excluding carboxylic acids is 1. The fraction of sp³-hybridized carbons (Fsp3) is 0.400. The van der Waals surface area contributed by atoms with Crippen LogP contribution >= 0.6 is 11.8 Å². The summed E-state index contributed by atoms with van der Waals surface area (Å²) in [5.41, 5.74) is 2.07. The highest BCUT2D eigenvalue weighted by molar-refractivity contribution is 8.02. The van der Waals surface area contributed by atoms with Crippen LogP contribution < -0.4 is 4.90 Å². The molecular weight excluding hydrogens is 242 g/mol. The third-order valence-electron chi connectivity index (χ3n) is 4.47. The summed E-state index contributed by atoms with van der Waals surface area (Å²) in [5.74, 6) is 0.219. The number of allylic oxidation sites excluding steroid dienone is 1. The second kappa shape index (κ2) is 3.41. The van der Waals surface area contributed by atoms with Crippen LogP contribution in [0.2, 0.25) is 0 Å². The maximum Gasteiger partial charge on any atom is 0.244 e. The summed E-state index contributed by atoms with van der Waals surface area (Å²) in [5, 5.41) is 0. The van der Waals surface area contributed by atoms with Gasteiger partial charge < -0.3 is 4.90 Å². The van der Waals surface area contributed by atoms with Crippen molar-refractivity contribution in [3.8, 4) is 0 Å². The number of hydrogen-bond donors (Lipinski definition) is 0. The van der Waals surface area contributed by atoms with E-state index in [2.05, 4.69) is 19.6 Å². The Morgan fingerprint density at radius 1 is 1.44 bits per heavy atom. The van der Waals surface area contributed by atoms with E-state index in [1.807, 2.05) is 32.2 Å². The molecule has 3 rings (SSSR count). The van der Waals surface area contributed by atoms with Crippen LogP contribution in [-0.4, -0.2) is 17.7 Å². The Bertz CT molecular complexity index is 567. The van der Waals surface area contributed by atoms with Crippen LogP contribution in [0.15, 0.2) is 41.3 Å². The monoisotopic (exact) mass is 259 g/mol. The van der Waals surface area contributed by atoms with Gasteiger partial charge in [0.2, 0.25) is 5.91 Å². The minimum Gasteiger partial charge on any atom is -0.313 e. The molecule has 94 valence electrons. The lowest BCUT2D eigenvalue weighted by molar-refractivity contribution is -0.119. The van der Waals surface area contributed by atoms with E-state index in [1.165, 1.54) is 4.90 Å². The van der Waals surface area contributed by atoms with Crippen molar-refractivity contribution < 1.29 is 4.79 Å². The SMILES string of the molecule is C=C(C)[C@]1(C)C[C@]12Sc1ccccc1N(C)C2=O. The van der Waals surface area contributed by atoms with E-state index in [0.717, 1.165) is 17.7 Å². The Morgan fingerprint density at radius 2 is 2.11 bits per heavy atom. The number of nitrogens with zero attached hydrogens (tertiary/aromatic N) is 1. The molecule has 2 atom stereocenters. The first-order valence-electron chi connectivity index (χ1n) is 6.14. The van der Waals surface area contributed by atoms with Gasteiger partial charge in [-0.05, 0) is 25.5 Å². The number of anilines is 1. The Labute approximate surface area is 112 Å². The summed E-state index contributed by atoms with van der Waals surface area (Å²) in [6.45, 7) is 8.26. The molecule has 0 unspecified atom stereocenters. The van der Waals surface area contributed by atoms with Gasteiger partial charge in [0.25, 0.3) is 0 Å². The zero-order valence-corrected chi connectivity index (χ0v) is 11.8. The number of thioether (sulfide) groups is 1. The van der Waals surface area contributed by atoms with Gasteiger partial charge in [-0.1, -0.05) is 31.2 Å². The lowest BCUT2D eigenvalue weighted by Gasteiger charge is -2.34. The minimum atomic E-state index is -0.318. The Balaban J connectivity index is 2.09. The fourth-order valence-corrected chi connectivity index (χ4v) is 4.66. The molecule has 0 bridgehead atoms. The number of amides is 1. The molecule has 2 nitrogen and oxygen atoms in total. The number of hydrogen-bond acceptors (Lipinski definition) is 2. The van der Waals surface area contributed by atoms with E-state index in [0.29, 0.717) is 0 Å². The first-order chi connectivity index (χ1) is 8.42. The maximum atomic E-state index is 12.7. The van der Waals surface area contributed by atoms with Crippen LogP contribution in [0.3, 0.4) is 0 Å². The molecule has 3 heteroatoms. The smallest absolute Gasteiger partial charge is 0.244 e. The predicted octanol–water partition coefficient (Wildman–Crippen LogP) is 3.48. The molecule has 1 aromatic carbocycles. The molecule has 1 amide bonds. The number of carbonyl (C=O) groups is 1. The van der Waals surface area contributed by atoms with Gasteiger partial charge in [0, 0.05) is 17.4 Å². The fourth-order valence-electron chi connectivity index (χ4n) is 2.84. The lowest BCUT2D eigenvalue weighted by Crippen LogP contribution is -2.42. The van der Waals surface area contributed by atoms with Gasteiger partial charge >= 0.3 is 0 Å². The average Bonchev–Trinajstić information content (AvgIpc) is 2.95. The van der Waals surface area contributed by atoms with Crippen molar-refractivity contribution in [2.75, 3.05) is 11.9 Å². The molecule has 1 aromatic rings. The van der Waals surface area contributed by atoms with Gasteiger partial charge in [0.05, 0.1) is 5.69 Å². The summed E-state index contributed by atoms with van der Waals surface area (Å²) in [4.78, 5) is 15.7. The molecule has 1 aliphatic heterocycles. The zero-order valence-electron chi connectivity index (χ0n) is 11.0. The number of rotatable bonds is 1. The Hall–Kier alpha value is -1.22. The summed E-state index contributed by atoms with van der Waals surface area (Å²) in [6, 6.07) is 8.12. The van der Waals surface area contributed by atoms with Crippen LogP contribution in [0.4, 0.5) is 5.69 Å². The summed E-state index contributed by atoms with van der Waals surface area (Å²) in [7, 11) is 1.87. The van der Waals surface area contributed by atoms with Crippen LogP contribution in [0.25, 0.3) is 0 Å². The zero-order chi connectivity index (χ0) is 13.1. The van der Waals surface area contributed by atoms with Crippen molar-refractivity contribution in [1.82, 2.24) is 0 Å². The number of benzene rings is 1. The molecule has 0 radical (unpaired) electrons. The van der Waals surface area contributed by atoms with E-state index in [1.54, 1.807) is 16.7 Å². The third-order valence-corrected chi connectivity index (χ3v) is 6.15. The third kappa shape index (κ3) is 1.23. The van der Waals surface area contributed by atoms with Crippen molar-refractivity contribution in [2.45, 2.75) is 29.9 Å². The lowest BCUT2D eigenvalue weighted by atomic mass is 9.97. The quantitative estimate of drug-likeness (QED) is 0.720. The molecule has 1 saturated carbocycles. The van der Waals surface area contributed by atoms with Gasteiger partial charge in [-0.25, -0.2) is 0 Å². The molecule has 0 aromatic heterocycles. The summed E-state index contributed by atoms with van der Waals surface area (Å²) < 4.78 is -0.318. The minimum absolute atomic E-state index is 0.0590. The van der Waals surface area contributed by atoms with E-state index >= 15 is 0 Å². The van der Waals surface area contributed by atoms with Crippen molar-refractivity contribution >= 4 is 23.4 Å². The maximum absolute atomic E-state index is 12.7. The Kier molecular flexibility index (Phi) is 2.25. The molecular formula is C15H17NOS. The second-order valence-corrected chi connectivity index (χ2v) is 6.89. The van der Waals surface area contributed by atoms with Gasteiger partial charge in [0.1, 0.15) is 4.75 Å². The van der Waals surface area contributed by atoms with Gasteiger partial charge in [-0.2, -0.15) is 0 Å². The summed E-state index contributed by atoms with van der Waals surface area (Å²) >= 11 is 1.72. The molecule has 0 N–H and O–H groups in total. The standard InChI is InChI=1S/C15H17NOS/c1-10(2)14(3)9-15(14)13(17)16(4)11-7-5-6-8-12(11)18-15/h5-8H,1,9H2,2-4H3/t14-,15+/m0/s1. The predicted molar refractivity (Wildman–Crippen MR) is 76.0 cm³/mol. The van der Waals surface area contributed by atoms with Crippen LogP contribution in [0.5, 0.6) is 0 Å². The van der Waals surface area contributed by atoms with Crippen LogP contribution in [0.1, 0.15) is 20.3 Å². The number of para-hydroxylation sites is 1. The van der Waals surface area contributed by atoms with Gasteiger partial charge in [-0.15, -0.1) is 11.8 Å². The molecule has 1 fully saturated rings. The highest BCUT2D eigenvalue weighted by Crippen LogP contribution is 2.71. The van der Waals surface area contributed by atoms with Gasteiger partial charge in [-0.3, -0.25) is 4.79 Å². The average molecular weight is 259 g/mol. The van der Waals surface area contributed by atoms with Gasteiger partial charge in [0.15, 0.2) is 0 Å². The molecule has 18 heavy (non-hydrogen) atoms. The first-order valence-corrected chi connectivity index (χ1v) is 6.96. The second-order valence-electron chi connectivity index (χ2n) is 5.55. The van der Waals surface area contributed by atoms with E-state index in [4.69, 9.17) is 0 Å². The highest BCUT2D eigenvalue weighted by atomic mass is 32.2. The largest absolute Gasteiger partial charge is 0.313 e. The summed E-state index contributed by atoms with van der Waals surface area (Å²) in [6.07, 6.45) is 0.900. The normalized spacial score (nSPS) is 33.5. The number of fused-ring (bicyclic) bond motifs is 1. The van der Waals surface area contributed by atoms with Crippen molar-refractivity contribution in [3.63, 3.8) is 0 Å². The molecule has 2 aliphatic rings. The van der Waals surface area contributed by atoms with E-state index in [-0.39, 0.29) is 16.1 Å². The molecule has 0 saturated heterocycles. The highest BCUT2D eigenvalue weighted by Gasteiger charge is 2.72. The Morgan fingerprint density at radius 3 is 2.72 bits per heavy atom. The molecule has 1 aliphatic carbocycles. The topological polar surface area (TPSA) is 20.3 Å². The van der Waals surface area contributed by atoms with Crippen molar-refractivity contribution in [3.05, 3.63) is 36.4 Å². The molecule has 1 heterocycles.